The first-order chi connectivity index (χ1) is 9.44. The van der Waals surface area contributed by atoms with E-state index in [2.05, 4.69) is 19.2 Å². The minimum atomic E-state index is -0.335. The molecule has 20 heavy (non-hydrogen) atoms. The zero-order chi connectivity index (χ0) is 14.8. The van der Waals surface area contributed by atoms with Gasteiger partial charge in [-0.3, -0.25) is 0 Å². The molecule has 1 aliphatic carbocycles. The molecule has 0 amide bonds. The van der Waals surface area contributed by atoms with Gasteiger partial charge in [-0.25, -0.2) is 4.79 Å². The standard InChI is InChI=1S/C16H22ClNO2/c1-16(2)9-5-4-6-14(16)18-13-10-11(17)7-8-12(13)15(19)20-3/h7-8,10,14,18H,4-6,9H2,1-3H3. The van der Waals surface area contributed by atoms with Gasteiger partial charge in [-0.15, -0.1) is 0 Å². The molecule has 1 aliphatic rings. The second kappa shape index (κ2) is 6.04. The molecule has 0 aliphatic heterocycles. The van der Waals surface area contributed by atoms with Gasteiger partial charge < -0.3 is 10.1 Å². The summed E-state index contributed by atoms with van der Waals surface area (Å²) < 4.78 is 4.84. The van der Waals surface area contributed by atoms with Crippen molar-refractivity contribution in [1.29, 1.82) is 0 Å². The van der Waals surface area contributed by atoms with Crippen molar-refractivity contribution in [2.75, 3.05) is 12.4 Å². The number of esters is 1. The Morgan fingerprint density at radius 2 is 2.15 bits per heavy atom. The van der Waals surface area contributed by atoms with Gasteiger partial charge in [0.1, 0.15) is 0 Å². The number of carbonyl (C=O) groups is 1. The van der Waals surface area contributed by atoms with Crippen LogP contribution in [0.5, 0.6) is 0 Å². The summed E-state index contributed by atoms with van der Waals surface area (Å²) in [6.45, 7) is 4.54. The van der Waals surface area contributed by atoms with Crippen molar-refractivity contribution in [2.24, 2.45) is 5.41 Å². The van der Waals surface area contributed by atoms with E-state index in [-0.39, 0.29) is 11.4 Å². The lowest BCUT2D eigenvalue weighted by atomic mass is 9.73. The molecule has 1 N–H and O–H groups in total. The van der Waals surface area contributed by atoms with E-state index in [9.17, 15) is 4.79 Å². The number of rotatable bonds is 3. The van der Waals surface area contributed by atoms with Crippen molar-refractivity contribution in [3.05, 3.63) is 28.8 Å². The minimum absolute atomic E-state index is 0.216. The highest BCUT2D eigenvalue weighted by atomic mass is 35.5. The number of benzene rings is 1. The van der Waals surface area contributed by atoms with Gasteiger partial charge in [0.25, 0.3) is 0 Å². The molecule has 1 saturated carbocycles. The summed E-state index contributed by atoms with van der Waals surface area (Å²) in [7, 11) is 1.39. The van der Waals surface area contributed by atoms with Gasteiger partial charge >= 0.3 is 5.97 Å². The molecule has 110 valence electrons. The predicted octanol–water partition coefficient (Wildman–Crippen LogP) is 4.51. The van der Waals surface area contributed by atoms with Crippen molar-refractivity contribution in [3.63, 3.8) is 0 Å². The Balaban J connectivity index is 2.27. The molecule has 0 spiro atoms. The number of carbonyl (C=O) groups excluding carboxylic acids is 1. The molecule has 1 aromatic rings. The van der Waals surface area contributed by atoms with Crippen LogP contribution in [0.1, 0.15) is 49.9 Å². The third-order valence-electron chi connectivity index (χ3n) is 4.22. The van der Waals surface area contributed by atoms with E-state index in [1.807, 2.05) is 0 Å². The quantitative estimate of drug-likeness (QED) is 0.834. The number of anilines is 1. The van der Waals surface area contributed by atoms with Crippen LogP contribution in [0.4, 0.5) is 5.69 Å². The van der Waals surface area contributed by atoms with Gasteiger partial charge in [-0.1, -0.05) is 38.3 Å². The van der Waals surface area contributed by atoms with Crippen molar-refractivity contribution in [1.82, 2.24) is 0 Å². The Labute approximate surface area is 125 Å². The average Bonchev–Trinajstić information content (AvgIpc) is 2.40. The third-order valence-corrected chi connectivity index (χ3v) is 4.46. The number of halogens is 1. The van der Waals surface area contributed by atoms with Crippen LogP contribution in [0.3, 0.4) is 0 Å². The second-order valence-corrected chi connectivity index (χ2v) is 6.55. The maximum Gasteiger partial charge on any atom is 0.339 e. The SMILES string of the molecule is COC(=O)c1ccc(Cl)cc1NC1CCCCC1(C)C. The van der Waals surface area contributed by atoms with Gasteiger partial charge in [0.2, 0.25) is 0 Å². The lowest BCUT2D eigenvalue weighted by Crippen LogP contribution is -2.39. The number of nitrogens with one attached hydrogen (secondary N) is 1. The lowest BCUT2D eigenvalue weighted by Gasteiger charge is -2.40. The highest BCUT2D eigenvalue weighted by Gasteiger charge is 2.32. The summed E-state index contributed by atoms with van der Waals surface area (Å²) in [6.07, 6.45) is 4.79. The highest BCUT2D eigenvalue weighted by Crippen LogP contribution is 2.38. The first kappa shape index (κ1) is 15.2. The van der Waals surface area contributed by atoms with E-state index in [1.165, 1.54) is 26.4 Å². The molecule has 1 aromatic carbocycles. The zero-order valence-corrected chi connectivity index (χ0v) is 13.1. The normalized spacial score (nSPS) is 21.3. The molecular weight excluding hydrogens is 274 g/mol. The summed E-state index contributed by atoms with van der Waals surface area (Å²) in [5.74, 6) is -0.335. The van der Waals surface area contributed by atoms with E-state index in [1.54, 1.807) is 18.2 Å². The Morgan fingerprint density at radius 1 is 1.40 bits per heavy atom. The molecule has 0 saturated heterocycles. The van der Waals surface area contributed by atoms with Crippen molar-refractivity contribution in [3.8, 4) is 0 Å². The summed E-state index contributed by atoms with van der Waals surface area (Å²) in [4.78, 5) is 11.8. The largest absolute Gasteiger partial charge is 0.465 e. The van der Waals surface area contributed by atoms with Crippen LogP contribution >= 0.6 is 11.6 Å². The van der Waals surface area contributed by atoms with Crippen LogP contribution in [0, 0.1) is 5.41 Å². The van der Waals surface area contributed by atoms with Gasteiger partial charge in [-0.2, -0.15) is 0 Å². The molecule has 1 unspecified atom stereocenters. The van der Waals surface area contributed by atoms with Crippen molar-refractivity contribution >= 4 is 23.3 Å². The van der Waals surface area contributed by atoms with Crippen molar-refractivity contribution < 1.29 is 9.53 Å². The monoisotopic (exact) mass is 295 g/mol. The summed E-state index contributed by atoms with van der Waals surface area (Å²) in [5, 5.41) is 4.13. The van der Waals surface area contributed by atoms with Gasteiger partial charge in [0.15, 0.2) is 0 Å². The Hall–Kier alpha value is -1.22. The molecule has 0 aromatic heterocycles. The van der Waals surface area contributed by atoms with Crippen LogP contribution in [0.2, 0.25) is 5.02 Å². The molecule has 2 rings (SSSR count). The first-order valence-corrected chi connectivity index (χ1v) is 7.46. The molecule has 3 nitrogen and oxygen atoms in total. The topological polar surface area (TPSA) is 38.3 Å². The fourth-order valence-corrected chi connectivity index (χ4v) is 3.05. The Kier molecular flexibility index (Phi) is 4.59. The summed E-state index contributed by atoms with van der Waals surface area (Å²) >= 11 is 6.06. The second-order valence-electron chi connectivity index (χ2n) is 6.11. The molecule has 0 heterocycles. The van der Waals surface area contributed by atoms with Gasteiger partial charge in [0.05, 0.1) is 18.4 Å². The number of hydrogen-bond acceptors (Lipinski definition) is 3. The molecule has 1 atom stereocenters. The smallest absolute Gasteiger partial charge is 0.339 e. The third kappa shape index (κ3) is 3.26. The number of ether oxygens (including phenoxy) is 1. The van der Waals surface area contributed by atoms with Crippen LogP contribution in [-0.4, -0.2) is 19.1 Å². The maximum absolute atomic E-state index is 11.8. The number of methoxy groups -OCH3 is 1. The van der Waals surface area contributed by atoms with E-state index < -0.39 is 0 Å². The van der Waals surface area contributed by atoms with Crippen LogP contribution < -0.4 is 5.32 Å². The highest BCUT2D eigenvalue weighted by molar-refractivity contribution is 6.31. The summed E-state index contributed by atoms with van der Waals surface area (Å²) in [6, 6.07) is 5.58. The fourth-order valence-electron chi connectivity index (χ4n) is 2.87. The average molecular weight is 296 g/mol. The molecule has 1 fully saturated rings. The van der Waals surface area contributed by atoms with E-state index in [4.69, 9.17) is 16.3 Å². The fraction of sp³-hybridized carbons (Fsp3) is 0.562. The van der Waals surface area contributed by atoms with E-state index >= 15 is 0 Å². The zero-order valence-electron chi connectivity index (χ0n) is 12.3. The predicted molar refractivity (Wildman–Crippen MR) is 82.5 cm³/mol. The van der Waals surface area contributed by atoms with E-state index in [0.29, 0.717) is 16.6 Å². The van der Waals surface area contributed by atoms with Crippen molar-refractivity contribution in [2.45, 2.75) is 45.6 Å². The van der Waals surface area contributed by atoms with Crippen LogP contribution in [0.15, 0.2) is 18.2 Å². The summed E-state index contributed by atoms with van der Waals surface area (Å²) in [5.41, 5.74) is 1.52. The molecule has 0 bridgehead atoms. The van der Waals surface area contributed by atoms with Crippen LogP contribution in [-0.2, 0) is 4.74 Å². The van der Waals surface area contributed by atoms with Crippen LogP contribution in [0.25, 0.3) is 0 Å². The Bertz CT molecular complexity index is 499. The maximum atomic E-state index is 11.8. The molecule has 0 radical (unpaired) electrons. The lowest BCUT2D eigenvalue weighted by molar-refractivity contribution is 0.0601. The molecule has 4 heteroatoms. The number of hydrogen-bond donors (Lipinski definition) is 1. The molecular formula is C16H22ClNO2. The van der Waals surface area contributed by atoms with Gasteiger partial charge in [-0.05, 0) is 36.5 Å². The first-order valence-electron chi connectivity index (χ1n) is 7.08. The van der Waals surface area contributed by atoms with Gasteiger partial charge in [0, 0.05) is 11.1 Å². The Morgan fingerprint density at radius 3 is 2.80 bits per heavy atom. The minimum Gasteiger partial charge on any atom is -0.465 e. The van der Waals surface area contributed by atoms with E-state index in [0.717, 1.165) is 12.1 Å².